The third-order valence-corrected chi connectivity index (χ3v) is 13.2. The minimum atomic E-state index is -2.19. The molecular formula is C40H68N2O31. The molecule has 0 aromatic heterocycles. The molecule has 6 rings (SSSR count). The number of nitrogens with one attached hydrogen (secondary N) is 2. The molecule has 6 fully saturated rings. The Morgan fingerprint density at radius 3 is 0.932 bits per heavy atom. The first-order valence-electron chi connectivity index (χ1n) is 23.1. The summed E-state index contributed by atoms with van der Waals surface area (Å²) in [6.45, 7) is -3.60. The van der Waals surface area contributed by atoms with Crippen molar-refractivity contribution in [3.63, 3.8) is 0 Å². The quantitative estimate of drug-likeness (QED) is 0.0606. The van der Waals surface area contributed by atoms with Crippen LogP contribution in [0.25, 0.3) is 0 Å². The van der Waals surface area contributed by atoms with Crippen molar-refractivity contribution in [3.8, 4) is 0 Å². The molecule has 0 radical (unpaired) electrons. The van der Waals surface area contributed by atoms with Gasteiger partial charge in [-0.1, -0.05) is 0 Å². The summed E-state index contributed by atoms with van der Waals surface area (Å²) < 4.78 is 61.9. The SMILES string of the molecule is CC(=O)N[C@@H]1[C@@H](O)[C@H](O[C@@H]2O[C@H](CO)[C@@H](O[C@H]3O[C@H](CO)[C@@H](O[C@@H]4O[C@H](CO)[C@@H](O[C@@H]5O[C@H](CO)[C@@H](O[C@H]6O[C@H](CO)[C@@H](O)[C@H](O)[C@@H]6O)[C@H](O)[C@@H]5O)[C@H](O)[C@@H]4O)[C@H](O)[C@@H]3O)[C@H](O)[C@H]2NC(C)=O)[C@@H](CO)O[C@H]1O. The van der Waals surface area contributed by atoms with E-state index in [9.17, 15) is 102 Å². The fourth-order valence-electron chi connectivity index (χ4n) is 9.33. The average molecular weight is 1070 g/mol. The molecule has 0 spiro atoms. The predicted octanol–water partition coefficient (Wildman–Crippen LogP) is -13.8. The van der Waals surface area contributed by atoms with Gasteiger partial charge in [-0.3, -0.25) is 9.59 Å². The molecule has 20 N–H and O–H groups in total. The van der Waals surface area contributed by atoms with Crippen LogP contribution in [-0.2, 0) is 61.7 Å². The molecule has 6 aliphatic heterocycles. The van der Waals surface area contributed by atoms with Gasteiger partial charge in [0.15, 0.2) is 37.7 Å². The maximum absolute atomic E-state index is 12.4. The summed E-state index contributed by atoms with van der Waals surface area (Å²) in [4.78, 5) is 24.2. The van der Waals surface area contributed by atoms with Gasteiger partial charge in [0.25, 0.3) is 0 Å². The highest BCUT2D eigenvalue weighted by Crippen LogP contribution is 2.37. The number of aliphatic hydroxyl groups excluding tert-OH is 18. The van der Waals surface area contributed by atoms with Crippen molar-refractivity contribution in [3.05, 3.63) is 0 Å². The van der Waals surface area contributed by atoms with Crippen LogP contribution < -0.4 is 10.6 Å². The molecule has 33 nitrogen and oxygen atoms in total. The summed E-state index contributed by atoms with van der Waals surface area (Å²) in [6.07, 6.45) is -52.3. The normalized spacial score (nSPS) is 49.8. The number of hydrogen-bond acceptors (Lipinski definition) is 31. The van der Waals surface area contributed by atoms with Crippen molar-refractivity contribution in [2.75, 3.05) is 39.6 Å². The number of amides is 2. The van der Waals surface area contributed by atoms with Gasteiger partial charge in [0.05, 0.1) is 39.6 Å². The minimum absolute atomic E-state index is 0.694. The van der Waals surface area contributed by atoms with Crippen molar-refractivity contribution in [2.45, 2.75) is 198 Å². The number of carbonyl (C=O) groups is 2. The summed E-state index contributed by atoms with van der Waals surface area (Å²) >= 11 is 0. The highest BCUT2D eigenvalue weighted by molar-refractivity contribution is 5.73. The minimum Gasteiger partial charge on any atom is -0.394 e. The highest BCUT2D eigenvalue weighted by atomic mass is 16.8. The molecule has 6 heterocycles. The van der Waals surface area contributed by atoms with Gasteiger partial charge in [-0.2, -0.15) is 0 Å². The molecule has 0 aromatic carbocycles. The van der Waals surface area contributed by atoms with Crippen molar-refractivity contribution < 1.29 is 154 Å². The summed E-state index contributed by atoms with van der Waals surface area (Å²) in [5, 5.41) is 196. The number of rotatable bonds is 18. The second-order valence-electron chi connectivity index (χ2n) is 18.2. The van der Waals surface area contributed by atoms with E-state index in [1.165, 1.54) is 0 Å². The molecule has 6 saturated heterocycles. The van der Waals surface area contributed by atoms with Crippen molar-refractivity contribution in [2.24, 2.45) is 0 Å². The van der Waals surface area contributed by atoms with Gasteiger partial charge in [0, 0.05) is 13.8 Å². The lowest BCUT2D eigenvalue weighted by atomic mass is 9.94. The second kappa shape index (κ2) is 26.0. The van der Waals surface area contributed by atoms with E-state index in [0.29, 0.717) is 0 Å². The lowest BCUT2D eigenvalue weighted by molar-refractivity contribution is -0.393. The van der Waals surface area contributed by atoms with E-state index in [-0.39, 0.29) is 0 Å². The first-order chi connectivity index (χ1) is 34.5. The zero-order valence-corrected chi connectivity index (χ0v) is 38.9. The summed E-state index contributed by atoms with van der Waals surface area (Å²) in [6, 6.07) is -3.16. The molecule has 424 valence electrons. The van der Waals surface area contributed by atoms with Crippen LogP contribution >= 0.6 is 0 Å². The van der Waals surface area contributed by atoms with Gasteiger partial charge < -0.3 is 155 Å². The van der Waals surface area contributed by atoms with E-state index >= 15 is 0 Å². The van der Waals surface area contributed by atoms with E-state index in [1.807, 2.05) is 0 Å². The molecule has 0 aliphatic carbocycles. The van der Waals surface area contributed by atoms with Crippen LogP contribution in [0.5, 0.6) is 0 Å². The fraction of sp³-hybridized carbons (Fsp3) is 0.950. The van der Waals surface area contributed by atoms with Crippen LogP contribution in [0.3, 0.4) is 0 Å². The second-order valence-corrected chi connectivity index (χ2v) is 18.2. The van der Waals surface area contributed by atoms with Crippen LogP contribution in [0.15, 0.2) is 0 Å². The third kappa shape index (κ3) is 12.9. The molecule has 0 bridgehead atoms. The Balaban J connectivity index is 1.10. The zero-order valence-electron chi connectivity index (χ0n) is 38.9. The maximum Gasteiger partial charge on any atom is 0.217 e. The van der Waals surface area contributed by atoms with Gasteiger partial charge in [0.2, 0.25) is 11.8 Å². The number of aliphatic hydroxyl groups is 18. The third-order valence-electron chi connectivity index (χ3n) is 13.2. The van der Waals surface area contributed by atoms with Crippen molar-refractivity contribution in [1.29, 1.82) is 0 Å². The molecular weight excluding hydrogens is 1000 g/mol. The Morgan fingerprint density at radius 2 is 0.589 bits per heavy atom. The molecule has 0 unspecified atom stereocenters. The lowest BCUT2D eigenvalue weighted by Gasteiger charge is -2.50. The Kier molecular flexibility index (Phi) is 21.3. The molecule has 30 atom stereocenters. The van der Waals surface area contributed by atoms with Gasteiger partial charge in [-0.25, -0.2) is 0 Å². The van der Waals surface area contributed by atoms with Crippen molar-refractivity contribution >= 4 is 11.8 Å². The Labute approximate surface area is 413 Å². The molecule has 2 amide bonds. The monoisotopic (exact) mass is 1070 g/mol. The standard InChI is InChI=1S/C40H68N2O31/c1-9(49)41-17-20(52)30(12(4-44)63-35(17)62)69-36-18(42-10(2)50)21(53)31(13(5-45)65-36)70-38-27(59)23(55)33(15(7-47)66-38)72-40-29(61)25(57)34(16(8-48)68-40)73-39-28(60)24(56)32(14(6-46)67-39)71-37-26(58)22(54)19(51)11(3-43)64-37/h11-40,43-48,51-62H,3-8H2,1-2H3,(H,41,49)(H,42,50)/t11-,12-,13-,14-,15-,16-,17-,18-,19-,20-,21-,22+,23-,24-,25-,26+,27+,28+,29+,30-,31-,32-,33-,34-,35-,36+,37-,38-,39+,40+/m1/s1. The predicted molar refractivity (Wildman–Crippen MR) is 222 cm³/mol. The summed E-state index contributed by atoms with van der Waals surface area (Å²) in [5.41, 5.74) is 0. The topological polar surface area (TPSA) is 524 Å². The highest BCUT2D eigenvalue weighted by Gasteiger charge is 2.58. The fourth-order valence-corrected chi connectivity index (χ4v) is 9.33. The molecule has 73 heavy (non-hydrogen) atoms. The molecule has 0 aromatic rings. The van der Waals surface area contributed by atoms with Crippen LogP contribution in [0.1, 0.15) is 13.8 Å². The van der Waals surface area contributed by atoms with Crippen LogP contribution in [0.4, 0.5) is 0 Å². The number of carbonyl (C=O) groups excluding carboxylic acids is 2. The van der Waals surface area contributed by atoms with Gasteiger partial charge in [-0.15, -0.1) is 0 Å². The average Bonchev–Trinajstić information content (AvgIpc) is 3.36. The lowest BCUT2D eigenvalue weighted by Crippen LogP contribution is -2.70. The number of hydrogen-bond donors (Lipinski definition) is 20. The van der Waals surface area contributed by atoms with Crippen LogP contribution in [0.2, 0.25) is 0 Å². The van der Waals surface area contributed by atoms with Gasteiger partial charge >= 0.3 is 0 Å². The number of ether oxygens (including phenoxy) is 11. The smallest absolute Gasteiger partial charge is 0.217 e. The summed E-state index contributed by atoms with van der Waals surface area (Å²) in [5.74, 6) is -1.48. The van der Waals surface area contributed by atoms with E-state index in [4.69, 9.17) is 52.1 Å². The maximum atomic E-state index is 12.4. The summed E-state index contributed by atoms with van der Waals surface area (Å²) in [7, 11) is 0. The first kappa shape index (κ1) is 60.0. The van der Waals surface area contributed by atoms with Gasteiger partial charge in [-0.05, 0) is 0 Å². The Hall–Kier alpha value is -2.22. The van der Waals surface area contributed by atoms with Crippen LogP contribution in [0, 0.1) is 0 Å². The zero-order chi connectivity index (χ0) is 53.9. The Morgan fingerprint density at radius 1 is 0.329 bits per heavy atom. The van der Waals surface area contributed by atoms with E-state index in [2.05, 4.69) is 10.6 Å². The van der Waals surface area contributed by atoms with E-state index < -0.39 is 236 Å². The molecule has 6 aliphatic rings. The molecule has 33 heteroatoms. The van der Waals surface area contributed by atoms with Gasteiger partial charge in [0.1, 0.15) is 146 Å². The Bertz CT molecular complexity index is 1740. The first-order valence-corrected chi connectivity index (χ1v) is 23.1. The largest absolute Gasteiger partial charge is 0.394 e. The molecule has 0 saturated carbocycles. The van der Waals surface area contributed by atoms with Crippen LogP contribution in [-0.4, -0.2) is 327 Å². The van der Waals surface area contributed by atoms with E-state index in [1.54, 1.807) is 0 Å². The van der Waals surface area contributed by atoms with E-state index in [0.717, 1.165) is 13.8 Å². The van der Waals surface area contributed by atoms with Crippen molar-refractivity contribution in [1.82, 2.24) is 10.6 Å².